The van der Waals surface area contributed by atoms with Crippen LogP contribution in [0.2, 0.25) is 0 Å². The van der Waals surface area contributed by atoms with Crippen LogP contribution in [0.15, 0.2) is 42.5 Å². The molecule has 2 aromatic carbocycles. The molecule has 29 heavy (non-hydrogen) atoms. The number of hydrogen-bond donors (Lipinski definition) is 1. The Labute approximate surface area is 170 Å². The molecule has 0 fully saturated rings. The van der Waals surface area contributed by atoms with Gasteiger partial charge < -0.3 is 0 Å². The molecule has 0 spiro atoms. The molecular formula is C24H27F3O2. The van der Waals surface area contributed by atoms with Gasteiger partial charge >= 0.3 is 6.18 Å². The van der Waals surface area contributed by atoms with Gasteiger partial charge in [-0.05, 0) is 57.6 Å². The fourth-order valence-electron chi connectivity index (χ4n) is 4.05. The lowest BCUT2D eigenvalue weighted by Gasteiger charge is -2.42. The summed E-state index contributed by atoms with van der Waals surface area (Å²) in [5.74, 6) is 0. The fraction of sp³-hybridized carbons (Fsp3) is 0.417. The number of fused-ring (bicyclic) bond motifs is 1. The van der Waals surface area contributed by atoms with Crippen LogP contribution < -0.4 is 0 Å². The van der Waals surface area contributed by atoms with Gasteiger partial charge in [0.1, 0.15) is 6.61 Å². The molecule has 2 nitrogen and oxygen atoms in total. The fourth-order valence-corrected chi connectivity index (χ4v) is 4.05. The molecule has 0 heterocycles. The highest BCUT2D eigenvalue weighted by molar-refractivity contribution is 5.84. The molecular weight excluding hydrogens is 377 g/mol. The van der Waals surface area contributed by atoms with Crippen molar-refractivity contribution < 1.29 is 23.3 Å². The third kappa shape index (κ3) is 4.57. The van der Waals surface area contributed by atoms with E-state index in [-0.39, 0.29) is 23.0 Å². The summed E-state index contributed by atoms with van der Waals surface area (Å²) in [6.45, 7) is 8.62. The Kier molecular flexibility index (Phi) is 5.67. The van der Waals surface area contributed by atoms with E-state index < -0.39 is 11.7 Å². The van der Waals surface area contributed by atoms with Crippen molar-refractivity contribution in [2.45, 2.75) is 64.1 Å². The normalized spacial score (nSPS) is 18.4. The first-order valence-electron chi connectivity index (χ1n) is 9.74. The maximum atomic E-state index is 13.8. The number of alkyl halides is 3. The first kappa shape index (κ1) is 21.6. The van der Waals surface area contributed by atoms with Crippen LogP contribution >= 0.6 is 0 Å². The minimum Gasteiger partial charge on any atom is -0.251 e. The van der Waals surface area contributed by atoms with E-state index in [1.807, 2.05) is 12.1 Å². The van der Waals surface area contributed by atoms with Crippen molar-refractivity contribution in [2.75, 3.05) is 0 Å². The average molecular weight is 404 g/mol. The minimum absolute atomic E-state index is 0.0184. The van der Waals surface area contributed by atoms with Crippen molar-refractivity contribution in [3.63, 3.8) is 0 Å². The smallest absolute Gasteiger partial charge is 0.251 e. The van der Waals surface area contributed by atoms with Crippen LogP contribution in [0.1, 0.15) is 68.4 Å². The lowest BCUT2D eigenvalue weighted by atomic mass is 9.63. The predicted octanol–water partition coefficient (Wildman–Crippen LogP) is 7.13. The van der Waals surface area contributed by atoms with E-state index in [4.69, 9.17) is 5.26 Å². The molecule has 156 valence electrons. The van der Waals surface area contributed by atoms with Crippen molar-refractivity contribution >= 4 is 11.6 Å². The van der Waals surface area contributed by atoms with E-state index in [1.165, 1.54) is 35.9 Å². The Morgan fingerprint density at radius 2 is 1.55 bits per heavy atom. The SMILES string of the molecule is CC1(C)CCC(C)(C)c2cc(/C=C(\c3ccc(COO)cc3)C(F)(F)F)ccc21. The Balaban J connectivity index is 2.07. The van der Waals surface area contributed by atoms with Gasteiger partial charge in [-0.25, -0.2) is 4.89 Å². The van der Waals surface area contributed by atoms with E-state index in [2.05, 4.69) is 32.6 Å². The summed E-state index contributed by atoms with van der Waals surface area (Å²) in [7, 11) is 0. The minimum atomic E-state index is -4.49. The monoisotopic (exact) mass is 404 g/mol. The zero-order valence-corrected chi connectivity index (χ0v) is 17.2. The maximum absolute atomic E-state index is 13.8. The molecule has 1 aliphatic carbocycles. The van der Waals surface area contributed by atoms with Gasteiger partial charge in [-0.2, -0.15) is 13.2 Å². The van der Waals surface area contributed by atoms with E-state index in [9.17, 15) is 13.2 Å². The topological polar surface area (TPSA) is 29.5 Å². The van der Waals surface area contributed by atoms with Crippen LogP contribution in [0.25, 0.3) is 11.6 Å². The molecule has 1 N–H and O–H groups in total. The van der Waals surface area contributed by atoms with E-state index >= 15 is 0 Å². The zero-order chi connectivity index (χ0) is 21.4. The largest absolute Gasteiger partial charge is 0.417 e. The van der Waals surface area contributed by atoms with Gasteiger partial charge in [-0.15, -0.1) is 0 Å². The third-order valence-corrected chi connectivity index (χ3v) is 5.99. The molecule has 0 radical (unpaired) electrons. The van der Waals surface area contributed by atoms with Gasteiger partial charge in [0, 0.05) is 0 Å². The van der Waals surface area contributed by atoms with Gasteiger partial charge in [-0.1, -0.05) is 70.2 Å². The molecule has 0 atom stereocenters. The summed E-state index contributed by atoms with van der Waals surface area (Å²) < 4.78 is 41.5. The number of hydrogen-bond acceptors (Lipinski definition) is 2. The Morgan fingerprint density at radius 3 is 2.10 bits per heavy atom. The number of rotatable bonds is 4. The van der Waals surface area contributed by atoms with Crippen LogP contribution in [-0.2, 0) is 22.3 Å². The molecule has 0 saturated heterocycles. The average Bonchev–Trinajstić information content (AvgIpc) is 2.64. The quantitative estimate of drug-likeness (QED) is 0.334. The van der Waals surface area contributed by atoms with Crippen molar-refractivity contribution in [1.82, 2.24) is 0 Å². The lowest BCUT2D eigenvalue weighted by Crippen LogP contribution is -2.33. The van der Waals surface area contributed by atoms with E-state index in [0.717, 1.165) is 18.4 Å². The van der Waals surface area contributed by atoms with Crippen molar-refractivity contribution in [2.24, 2.45) is 0 Å². The summed E-state index contributed by atoms with van der Waals surface area (Å²) in [4.78, 5) is 4.04. The molecule has 0 aliphatic heterocycles. The predicted molar refractivity (Wildman–Crippen MR) is 110 cm³/mol. The van der Waals surface area contributed by atoms with Gasteiger partial charge in [-0.3, -0.25) is 5.26 Å². The first-order chi connectivity index (χ1) is 13.4. The number of benzene rings is 2. The first-order valence-corrected chi connectivity index (χ1v) is 9.74. The number of halogens is 3. The van der Waals surface area contributed by atoms with Gasteiger partial charge in [0.15, 0.2) is 0 Å². The Morgan fingerprint density at radius 1 is 0.966 bits per heavy atom. The molecule has 0 bridgehead atoms. The van der Waals surface area contributed by atoms with Crippen LogP contribution in [0.3, 0.4) is 0 Å². The maximum Gasteiger partial charge on any atom is 0.417 e. The van der Waals surface area contributed by atoms with Crippen molar-refractivity contribution in [3.8, 4) is 0 Å². The molecule has 2 aromatic rings. The van der Waals surface area contributed by atoms with Crippen molar-refractivity contribution in [1.29, 1.82) is 0 Å². The van der Waals surface area contributed by atoms with Gasteiger partial charge in [0.25, 0.3) is 0 Å². The Hall–Kier alpha value is -2.11. The van der Waals surface area contributed by atoms with Crippen LogP contribution in [0.5, 0.6) is 0 Å². The molecule has 1 aliphatic rings. The highest BCUT2D eigenvalue weighted by Crippen LogP contribution is 2.46. The van der Waals surface area contributed by atoms with E-state index in [1.54, 1.807) is 6.07 Å². The zero-order valence-electron chi connectivity index (χ0n) is 17.2. The second-order valence-electron chi connectivity index (χ2n) is 9.10. The van der Waals surface area contributed by atoms with Crippen LogP contribution in [-0.4, -0.2) is 11.4 Å². The summed E-state index contributed by atoms with van der Waals surface area (Å²) in [5, 5.41) is 8.51. The van der Waals surface area contributed by atoms with E-state index in [0.29, 0.717) is 11.1 Å². The summed E-state index contributed by atoms with van der Waals surface area (Å²) in [6.07, 6.45) is -1.21. The van der Waals surface area contributed by atoms with Crippen LogP contribution in [0.4, 0.5) is 13.2 Å². The second kappa shape index (κ2) is 7.62. The molecule has 0 unspecified atom stereocenters. The molecule has 0 saturated carbocycles. The lowest BCUT2D eigenvalue weighted by molar-refractivity contribution is -0.253. The Bertz CT molecular complexity index is 907. The van der Waals surface area contributed by atoms with Gasteiger partial charge in [0.05, 0.1) is 5.57 Å². The molecule has 0 aromatic heterocycles. The standard InChI is InChI=1S/C24H27F3O2/c1-22(2)11-12-23(3,4)21-14-17(7-10-19(21)22)13-20(24(25,26)27)18-8-5-16(6-9-18)15-29-28/h5-10,13-14,28H,11-12,15H2,1-4H3/b20-13+. The highest BCUT2D eigenvalue weighted by Gasteiger charge is 2.38. The highest BCUT2D eigenvalue weighted by atomic mass is 19.4. The van der Waals surface area contributed by atoms with Crippen LogP contribution in [0, 0.1) is 0 Å². The number of allylic oxidation sites excluding steroid dienone is 1. The second-order valence-corrected chi connectivity index (χ2v) is 9.10. The van der Waals surface area contributed by atoms with Gasteiger partial charge in [0.2, 0.25) is 0 Å². The summed E-state index contributed by atoms with van der Waals surface area (Å²) in [5.41, 5.74) is 2.81. The van der Waals surface area contributed by atoms with Crippen molar-refractivity contribution in [3.05, 3.63) is 70.3 Å². The summed E-state index contributed by atoms with van der Waals surface area (Å²) in [6, 6.07) is 11.5. The third-order valence-electron chi connectivity index (χ3n) is 5.99. The molecule has 3 rings (SSSR count). The molecule has 0 amide bonds. The molecule has 5 heteroatoms. The summed E-state index contributed by atoms with van der Waals surface area (Å²) >= 11 is 0.